The number of carbonyl (C=O) groups excluding carboxylic acids is 2. The molecular formula is C26H24N2O4S. The predicted molar refractivity (Wildman–Crippen MR) is 130 cm³/mol. The minimum absolute atomic E-state index is 0.0160. The van der Waals surface area contributed by atoms with Crippen LogP contribution in [0.15, 0.2) is 77.7 Å². The molecule has 3 aromatic rings. The van der Waals surface area contributed by atoms with Gasteiger partial charge in [0.25, 0.3) is 0 Å². The summed E-state index contributed by atoms with van der Waals surface area (Å²) in [4.78, 5) is 38.7. The van der Waals surface area contributed by atoms with Crippen LogP contribution in [0.4, 0.5) is 17.1 Å². The van der Waals surface area contributed by atoms with Crippen LogP contribution in [0.3, 0.4) is 0 Å². The number of fused-ring (bicyclic) bond motifs is 2. The Hall–Kier alpha value is -3.58. The Bertz CT molecular complexity index is 1150. The molecule has 168 valence electrons. The first-order valence-corrected chi connectivity index (χ1v) is 11.7. The molecule has 7 heteroatoms. The third kappa shape index (κ3) is 5.62. The predicted octanol–water partition coefficient (Wildman–Crippen LogP) is 5.05. The van der Waals surface area contributed by atoms with E-state index in [0.717, 1.165) is 40.2 Å². The summed E-state index contributed by atoms with van der Waals surface area (Å²) in [6.07, 6.45) is 1.47. The van der Waals surface area contributed by atoms with Crippen molar-refractivity contribution < 1.29 is 19.5 Å². The number of anilines is 3. The van der Waals surface area contributed by atoms with Gasteiger partial charge in [-0.15, -0.1) is 11.8 Å². The molecule has 0 atom stereocenters. The zero-order valence-corrected chi connectivity index (χ0v) is 18.8. The quantitative estimate of drug-likeness (QED) is 0.482. The van der Waals surface area contributed by atoms with Crippen molar-refractivity contribution in [3.63, 3.8) is 0 Å². The Morgan fingerprint density at radius 3 is 2.12 bits per heavy atom. The molecule has 0 unspecified atom stereocenters. The van der Waals surface area contributed by atoms with E-state index in [1.807, 2.05) is 47.4 Å². The van der Waals surface area contributed by atoms with Crippen LogP contribution in [0.1, 0.15) is 24.0 Å². The second-order valence-corrected chi connectivity index (χ2v) is 8.79. The van der Waals surface area contributed by atoms with Gasteiger partial charge in [0.05, 0.1) is 23.5 Å². The van der Waals surface area contributed by atoms with Gasteiger partial charge < -0.3 is 10.4 Å². The first-order chi connectivity index (χ1) is 16.0. The second kappa shape index (κ2) is 10.4. The number of benzene rings is 3. The van der Waals surface area contributed by atoms with Crippen molar-refractivity contribution in [2.75, 3.05) is 16.0 Å². The number of amides is 2. The number of hydrogen-bond donors (Lipinski definition) is 2. The third-order valence-corrected chi connectivity index (χ3v) is 6.40. The Kier molecular flexibility index (Phi) is 7.10. The van der Waals surface area contributed by atoms with Crippen molar-refractivity contribution in [3.05, 3.63) is 83.9 Å². The molecule has 0 bridgehead atoms. The summed E-state index contributed by atoms with van der Waals surface area (Å²) in [6, 6.07) is 23.3. The molecule has 0 saturated heterocycles. The van der Waals surface area contributed by atoms with Crippen molar-refractivity contribution in [1.82, 2.24) is 0 Å². The van der Waals surface area contributed by atoms with Crippen LogP contribution >= 0.6 is 11.8 Å². The molecule has 1 aliphatic rings. The van der Waals surface area contributed by atoms with Gasteiger partial charge in [-0.1, -0.05) is 42.5 Å². The van der Waals surface area contributed by atoms with Gasteiger partial charge in [-0.25, -0.2) is 0 Å². The van der Waals surface area contributed by atoms with E-state index < -0.39 is 5.97 Å². The topological polar surface area (TPSA) is 86.7 Å². The number of aryl methyl sites for hydroxylation is 2. The molecule has 0 aliphatic carbocycles. The molecule has 4 rings (SSSR count). The van der Waals surface area contributed by atoms with Crippen LogP contribution in [0.5, 0.6) is 0 Å². The van der Waals surface area contributed by atoms with Gasteiger partial charge in [0, 0.05) is 17.0 Å². The molecule has 0 radical (unpaired) electrons. The molecule has 1 heterocycles. The Balaban J connectivity index is 1.49. The number of carboxylic acids is 1. The Morgan fingerprint density at radius 2 is 1.48 bits per heavy atom. The van der Waals surface area contributed by atoms with E-state index in [-0.39, 0.29) is 30.4 Å². The molecule has 2 N–H and O–H groups in total. The van der Waals surface area contributed by atoms with Gasteiger partial charge in [-0.3, -0.25) is 19.3 Å². The van der Waals surface area contributed by atoms with Gasteiger partial charge in [-0.2, -0.15) is 0 Å². The number of aliphatic carboxylic acids is 1. The maximum absolute atomic E-state index is 13.4. The van der Waals surface area contributed by atoms with Crippen LogP contribution in [-0.2, 0) is 27.2 Å². The number of nitrogens with one attached hydrogen (secondary N) is 1. The van der Waals surface area contributed by atoms with E-state index in [1.54, 1.807) is 18.2 Å². The van der Waals surface area contributed by atoms with Gasteiger partial charge in [0.1, 0.15) is 0 Å². The number of nitrogens with zero attached hydrogens (tertiary/aromatic N) is 1. The summed E-state index contributed by atoms with van der Waals surface area (Å²) in [5.41, 5.74) is 4.73. The summed E-state index contributed by atoms with van der Waals surface area (Å²) in [5.74, 6) is -1.14. The Morgan fingerprint density at radius 1 is 0.848 bits per heavy atom. The van der Waals surface area contributed by atoms with Gasteiger partial charge in [0.2, 0.25) is 11.8 Å². The minimum atomic E-state index is -1.01. The number of para-hydroxylation sites is 2. The highest BCUT2D eigenvalue weighted by molar-refractivity contribution is 8.00. The normalized spacial score (nSPS) is 12.3. The molecule has 0 aromatic heterocycles. The van der Waals surface area contributed by atoms with E-state index in [2.05, 4.69) is 17.4 Å². The van der Waals surface area contributed by atoms with Crippen LogP contribution < -0.4 is 10.2 Å². The molecule has 3 aromatic carbocycles. The summed E-state index contributed by atoms with van der Waals surface area (Å²) in [7, 11) is 0. The maximum atomic E-state index is 13.4. The molecule has 0 fully saturated rings. The fraction of sp³-hybridized carbons (Fsp3) is 0.192. The summed E-state index contributed by atoms with van der Waals surface area (Å²) in [5, 5.41) is 11.4. The van der Waals surface area contributed by atoms with Crippen molar-refractivity contribution >= 4 is 46.6 Å². The maximum Gasteiger partial charge on any atom is 0.303 e. The number of thioether (sulfide) groups is 1. The first-order valence-electron chi connectivity index (χ1n) is 10.7. The fourth-order valence-corrected chi connectivity index (χ4v) is 4.67. The Labute approximate surface area is 196 Å². The molecule has 1 aliphatic heterocycles. The standard InChI is InChI=1S/C26H24N2O4S/c29-24(14-15-26(31)32)27-20-8-5-9-21(16-20)33-17-25(30)28-22-10-3-1-6-18(22)12-13-19-7-2-4-11-23(19)28/h1-11,16H,12-15,17H2,(H,27,29)(H,31,32). The SMILES string of the molecule is O=C(O)CCC(=O)Nc1cccc(SCC(=O)N2c3ccccc3CCc3ccccc32)c1. The smallest absolute Gasteiger partial charge is 0.303 e. The van der Waals surface area contributed by atoms with E-state index in [4.69, 9.17) is 5.11 Å². The molecule has 0 spiro atoms. The van der Waals surface area contributed by atoms with Crippen LogP contribution in [0, 0.1) is 0 Å². The van der Waals surface area contributed by atoms with Crippen molar-refractivity contribution in [1.29, 1.82) is 0 Å². The lowest BCUT2D eigenvalue weighted by molar-refractivity contribution is -0.138. The molecular weight excluding hydrogens is 436 g/mol. The lowest BCUT2D eigenvalue weighted by Gasteiger charge is -2.25. The van der Waals surface area contributed by atoms with Crippen molar-refractivity contribution in [3.8, 4) is 0 Å². The number of carboxylic acid groups (broad SMARTS) is 1. The first kappa shape index (κ1) is 22.6. The van der Waals surface area contributed by atoms with E-state index in [0.29, 0.717) is 5.69 Å². The lowest BCUT2D eigenvalue weighted by atomic mass is 10.0. The zero-order chi connectivity index (χ0) is 23.2. The van der Waals surface area contributed by atoms with Gasteiger partial charge in [0.15, 0.2) is 0 Å². The van der Waals surface area contributed by atoms with Crippen molar-refractivity contribution in [2.24, 2.45) is 0 Å². The number of hydrogen-bond acceptors (Lipinski definition) is 4. The largest absolute Gasteiger partial charge is 0.481 e. The van der Waals surface area contributed by atoms with Gasteiger partial charge in [-0.05, 0) is 54.3 Å². The highest BCUT2D eigenvalue weighted by atomic mass is 32.2. The third-order valence-electron chi connectivity index (χ3n) is 5.42. The van der Waals surface area contributed by atoms with Crippen LogP contribution in [0.2, 0.25) is 0 Å². The van der Waals surface area contributed by atoms with Crippen molar-refractivity contribution in [2.45, 2.75) is 30.6 Å². The van der Waals surface area contributed by atoms with E-state index in [9.17, 15) is 14.4 Å². The van der Waals surface area contributed by atoms with Crippen LogP contribution in [0.25, 0.3) is 0 Å². The number of carbonyl (C=O) groups is 3. The van der Waals surface area contributed by atoms with Gasteiger partial charge >= 0.3 is 5.97 Å². The summed E-state index contributed by atoms with van der Waals surface area (Å²) < 4.78 is 0. The zero-order valence-electron chi connectivity index (χ0n) is 18.0. The second-order valence-electron chi connectivity index (χ2n) is 7.74. The lowest BCUT2D eigenvalue weighted by Crippen LogP contribution is -2.28. The highest BCUT2D eigenvalue weighted by Gasteiger charge is 2.25. The molecule has 2 amide bonds. The monoisotopic (exact) mass is 460 g/mol. The van der Waals surface area contributed by atoms with Crippen LogP contribution in [-0.4, -0.2) is 28.6 Å². The molecule has 33 heavy (non-hydrogen) atoms. The summed E-state index contributed by atoms with van der Waals surface area (Å²) in [6.45, 7) is 0. The highest BCUT2D eigenvalue weighted by Crippen LogP contribution is 2.36. The van der Waals surface area contributed by atoms with E-state index >= 15 is 0 Å². The number of rotatable bonds is 7. The molecule has 0 saturated carbocycles. The fourth-order valence-electron chi connectivity index (χ4n) is 3.87. The average Bonchev–Trinajstić information content (AvgIpc) is 2.98. The molecule has 6 nitrogen and oxygen atoms in total. The minimum Gasteiger partial charge on any atom is -0.481 e. The average molecular weight is 461 g/mol. The van der Waals surface area contributed by atoms with E-state index in [1.165, 1.54) is 11.8 Å². The summed E-state index contributed by atoms with van der Waals surface area (Å²) >= 11 is 1.40.